The number of amides is 1. The first-order chi connectivity index (χ1) is 9.31. The first kappa shape index (κ1) is 15.0. The molecule has 1 saturated heterocycles. The van der Waals surface area contributed by atoms with Gasteiger partial charge < -0.3 is 10.6 Å². The molecule has 1 aromatic rings. The van der Waals surface area contributed by atoms with Crippen molar-refractivity contribution in [3.05, 3.63) is 34.4 Å². The third-order valence-corrected chi connectivity index (χ3v) is 4.07. The number of benzene rings is 1. The summed E-state index contributed by atoms with van der Waals surface area (Å²) in [5.74, 6) is 0.647. The molecule has 110 valence electrons. The Labute approximate surface area is 122 Å². The second kappa shape index (κ2) is 5.57. The molecule has 1 aromatic carbocycles. The highest BCUT2D eigenvalue weighted by Crippen LogP contribution is 2.36. The number of likely N-dealkylation sites (tertiary alicyclic amines) is 1. The Kier molecular flexibility index (Phi) is 4.19. The fourth-order valence-electron chi connectivity index (χ4n) is 3.45. The van der Waals surface area contributed by atoms with Gasteiger partial charge in [-0.1, -0.05) is 31.5 Å². The molecule has 1 amide bonds. The van der Waals surface area contributed by atoms with Crippen LogP contribution in [0.5, 0.6) is 0 Å². The molecular formula is C17H26N2O. The molecule has 0 saturated carbocycles. The topological polar surface area (TPSA) is 46.3 Å². The number of aryl methyl sites for hydroxylation is 3. The Balaban J connectivity index is 2.45. The van der Waals surface area contributed by atoms with Crippen molar-refractivity contribution >= 4 is 5.91 Å². The van der Waals surface area contributed by atoms with Crippen LogP contribution in [0, 0.1) is 26.7 Å². The molecule has 2 rings (SSSR count). The second-order valence-electron chi connectivity index (χ2n) is 6.57. The Bertz CT molecular complexity index is 499. The SMILES string of the molecule is Cc1cc(C)c(C2C(N)CC(=O)N2CC(C)C)c(C)c1. The van der Waals surface area contributed by atoms with Gasteiger partial charge in [0, 0.05) is 19.0 Å². The number of hydrogen-bond donors (Lipinski definition) is 1. The van der Waals surface area contributed by atoms with E-state index in [-0.39, 0.29) is 18.0 Å². The molecule has 2 unspecified atom stereocenters. The van der Waals surface area contributed by atoms with Crippen molar-refractivity contribution in [1.29, 1.82) is 0 Å². The number of rotatable bonds is 3. The fraction of sp³-hybridized carbons (Fsp3) is 0.588. The lowest BCUT2D eigenvalue weighted by Crippen LogP contribution is -2.36. The summed E-state index contributed by atoms with van der Waals surface area (Å²) < 4.78 is 0. The van der Waals surface area contributed by atoms with Crippen molar-refractivity contribution in [2.24, 2.45) is 11.7 Å². The summed E-state index contributed by atoms with van der Waals surface area (Å²) in [7, 11) is 0. The van der Waals surface area contributed by atoms with E-state index in [0.717, 1.165) is 6.54 Å². The van der Waals surface area contributed by atoms with E-state index in [0.29, 0.717) is 12.3 Å². The van der Waals surface area contributed by atoms with E-state index >= 15 is 0 Å². The number of carbonyl (C=O) groups is 1. The van der Waals surface area contributed by atoms with Gasteiger partial charge in [0.2, 0.25) is 5.91 Å². The molecule has 1 aliphatic rings. The van der Waals surface area contributed by atoms with Crippen molar-refractivity contribution in [3.8, 4) is 0 Å². The molecule has 0 spiro atoms. The molecule has 1 heterocycles. The minimum absolute atomic E-state index is 0.0329. The fourth-order valence-corrected chi connectivity index (χ4v) is 3.45. The molecule has 0 aromatic heterocycles. The lowest BCUT2D eigenvalue weighted by molar-refractivity contribution is -0.129. The zero-order chi connectivity index (χ0) is 15.0. The zero-order valence-electron chi connectivity index (χ0n) is 13.2. The van der Waals surface area contributed by atoms with E-state index in [4.69, 9.17) is 5.73 Å². The van der Waals surface area contributed by atoms with E-state index in [1.165, 1.54) is 22.3 Å². The van der Waals surface area contributed by atoms with Crippen molar-refractivity contribution in [1.82, 2.24) is 4.90 Å². The monoisotopic (exact) mass is 274 g/mol. The van der Waals surface area contributed by atoms with Crippen molar-refractivity contribution < 1.29 is 4.79 Å². The number of hydrogen-bond acceptors (Lipinski definition) is 2. The summed E-state index contributed by atoms with van der Waals surface area (Å²) in [4.78, 5) is 14.2. The van der Waals surface area contributed by atoms with Crippen molar-refractivity contribution in [2.75, 3.05) is 6.54 Å². The molecular weight excluding hydrogens is 248 g/mol. The van der Waals surface area contributed by atoms with E-state index in [9.17, 15) is 4.79 Å². The predicted octanol–water partition coefficient (Wildman–Crippen LogP) is 2.87. The largest absolute Gasteiger partial charge is 0.334 e. The van der Waals surface area contributed by atoms with Crippen LogP contribution in [0.2, 0.25) is 0 Å². The average Bonchev–Trinajstić information content (AvgIpc) is 2.54. The Hall–Kier alpha value is -1.35. The van der Waals surface area contributed by atoms with Crippen LogP contribution in [-0.4, -0.2) is 23.4 Å². The van der Waals surface area contributed by atoms with Gasteiger partial charge in [-0.15, -0.1) is 0 Å². The van der Waals surface area contributed by atoms with Gasteiger partial charge in [0.05, 0.1) is 6.04 Å². The Morgan fingerprint density at radius 1 is 1.25 bits per heavy atom. The summed E-state index contributed by atoms with van der Waals surface area (Å²) in [6.45, 7) is 11.4. The second-order valence-corrected chi connectivity index (χ2v) is 6.57. The molecule has 2 N–H and O–H groups in total. The third-order valence-electron chi connectivity index (χ3n) is 4.07. The van der Waals surface area contributed by atoms with Crippen LogP contribution in [0.3, 0.4) is 0 Å². The quantitative estimate of drug-likeness (QED) is 0.921. The molecule has 3 nitrogen and oxygen atoms in total. The molecule has 3 heteroatoms. The van der Waals surface area contributed by atoms with Gasteiger partial charge in [-0.3, -0.25) is 4.79 Å². The van der Waals surface area contributed by atoms with Crippen LogP contribution in [0.4, 0.5) is 0 Å². The average molecular weight is 274 g/mol. The normalized spacial score (nSPS) is 22.9. The van der Waals surface area contributed by atoms with E-state index in [1.54, 1.807) is 0 Å². The first-order valence-corrected chi connectivity index (χ1v) is 7.44. The van der Waals surface area contributed by atoms with Gasteiger partial charge >= 0.3 is 0 Å². The highest BCUT2D eigenvalue weighted by atomic mass is 16.2. The van der Waals surface area contributed by atoms with Gasteiger partial charge in [-0.25, -0.2) is 0 Å². The molecule has 2 atom stereocenters. The number of nitrogens with two attached hydrogens (primary N) is 1. The number of carbonyl (C=O) groups excluding carboxylic acids is 1. The minimum atomic E-state index is -0.0960. The molecule has 0 radical (unpaired) electrons. The Morgan fingerprint density at radius 3 is 2.30 bits per heavy atom. The summed E-state index contributed by atoms with van der Waals surface area (Å²) >= 11 is 0. The highest BCUT2D eigenvalue weighted by molar-refractivity contribution is 5.80. The summed E-state index contributed by atoms with van der Waals surface area (Å²) in [5, 5.41) is 0. The molecule has 1 aliphatic heterocycles. The van der Waals surface area contributed by atoms with E-state index in [2.05, 4.69) is 46.8 Å². The van der Waals surface area contributed by atoms with Crippen molar-refractivity contribution in [3.63, 3.8) is 0 Å². The summed E-state index contributed by atoms with van der Waals surface area (Å²) in [6.07, 6.45) is 0.462. The maximum absolute atomic E-state index is 12.2. The first-order valence-electron chi connectivity index (χ1n) is 7.44. The maximum Gasteiger partial charge on any atom is 0.224 e. The van der Waals surface area contributed by atoms with Crippen molar-refractivity contribution in [2.45, 2.75) is 53.1 Å². The Morgan fingerprint density at radius 2 is 1.80 bits per heavy atom. The van der Waals surface area contributed by atoms with Crippen LogP contribution >= 0.6 is 0 Å². The third kappa shape index (κ3) is 2.73. The van der Waals surface area contributed by atoms with Crippen LogP contribution in [0.1, 0.15) is 48.6 Å². The highest BCUT2D eigenvalue weighted by Gasteiger charge is 2.39. The van der Waals surface area contributed by atoms with Crippen LogP contribution < -0.4 is 5.73 Å². The summed E-state index contributed by atoms with van der Waals surface area (Å²) in [5.41, 5.74) is 11.3. The molecule has 1 fully saturated rings. The van der Waals surface area contributed by atoms with Gasteiger partial charge in [-0.05, 0) is 43.4 Å². The van der Waals surface area contributed by atoms with Gasteiger partial charge in [0.15, 0.2) is 0 Å². The smallest absolute Gasteiger partial charge is 0.224 e. The standard InChI is InChI=1S/C17H26N2O/c1-10(2)9-19-15(20)8-14(18)17(19)16-12(4)6-11(3)7-13(16)5/h6-7,10,14,17H,8-9,18H2,1-5H3. The molecule has 0 bridgehead atoms. The van der Waals surface area contributed by atoms with Crippen LogP contribution in [0.25, 0.3) is 0 Å². The number of nitrogens with zero attached hydrogens (tertiary/aromatic N) is 1. The maximum atomic E-state index is 12.2. The summed E-state index contributed by atoms with van der Waals surface area (Å²) in [6, 6.07) is 4.31. The molecule has 0 aliphatic carbocycles. The zero-order valence-corrected chi connectivity index (χ0v) is 13.2. The lowest BCUT2D eigenvalue weighted by Gasteiger charge is -2.31. The molecule has 20 heavy (non-hydrogen) atoms. The predicted molar refractivity (Wildman–Crippen MR) is 82.5 cm³/mol. The lowest BCUT2D eigenvalue weighted by atomic mass is 9.90. The van der Waals surface area contributed by atoms with Gasteiger partial charge in [0.1, 0.15) is 0 Å². The van der Waals surface area contributed by atoms with Gasteiger partial charge in [-0.2, -0.15) is 0 Å². The van der Waals surface area contributed by atoms with Crippen LogP contribution in [-0.2, 0) is 4.79 Å². The van der Waals surface area contributed by atoms with Crippen LogP contribution in [0.15, 0.2) is 12.1 Å². The van der Waals surface area contributed by atoms with Gasteiger partial charge in [0.25, 0.3) is 0 Å². The van der Waals surface area contributed by atoms with E-state index < -0.39 is 0 Å². The minimum Gasteiger partial charge on any atom is -0.334 e. The van der Waals surface area contributed by atoms with E-state index in [1.807, 2.05) is 4.90 Å².